The van der Waals surface area contributed by atoms with Gasteiger partial charge in [-0.05, 0) is 190 Å². The molecular formula is C82H84N2O2S8. The summed E-state index contributed by atoms with van der Waals surface area (Å²) in [5.74, 6) is -0.0649. The Morgan fingerprint density at radius 1 is 0.372 bits per heavy atom. The quantitative estimate of drug-likeness (QED) is 0.0397. The van der Waals surface area contributed by atoms with E-state index in [-0.39, 0.29) is 11.8 Å². The Balaban J connectivity index is 1.07. The lowest BCUT2D eigenvalue weighted by Gasteiger charge is -2.35. The molecule has 4 nitrogen and oxygen atoms in total. The van der Waals surface area contributed by atoms with Crippen LogP contribution in [0.1, 0.15) is 207 Å². The Morgan fingerprint density at radius 3 is 0.957 bits per heavy atom. The Labute approximate surface area is 592 Å². The summed E-state index contributed by atoms with van der Waals surface area (Å²) in [5.41, 5.74) is 17.2. The molecule has 2 aliphatic carbocycles. The second-order valence-electron chi connectivity index (χ2n) is 26.1. The minimum absolute atomic E-state index is 0.0324. The number of thiocarbonyl (C=S) groups is 2. The van der Waals surface area contributed by atoms with Crippen LogP contribution in [-0.2, 0) is 46.1 Å². The van der Waals surface area contributed by atoms with Gasteiger partial charge in [-0.3, -0.25) is 19.4 Å². The topological polar surface area (TPSA) is 40.6 Å². The van der Waals surface area contributed by atoms with E-state index < -0.39 is 10.8 Å². The van der Waals surface area contributed by atoms with Gasteiger partial charge < -0.3 is 0 Å². The van der Waals surface area contributed by atoms with E-state index in [1.54, 1.807) is 46.6 Å². The normalized spacial score (nSPS) is 16.9. The first-order valence-electron chi connectivity index (χ1n) is 34.4. The molecule has 9 aromatic rings. The lowest BCUT2D eigenvalue weighted by molar-refractivity contribution is -0.120. The number of thiophene rings is 4. The predicted molar refractivity (Wildman–Crippen MR) is 415 cm³/mol. The Bertz CT molecular complexity index is 4160. The maximum Gasteiger partial charge on any atom is 0.267 e. The van der Waals surface area contributed by atoms with Crippen LogP contribution in [0.4, 0.5) is 0 Å². The highest BCUT2D eigenvalue weighted by molar-refractivity contribution is 8.30. The van der Waals surface area contributed by atoms with Crippen molar-refractivity contribution in [3.63, 3.8) is 0 Å². The molecule has 4 aliphatic rings. The molecule has 4 aromatic heterocycles. The number of nitrogens with zero attached hydrogens (tertiary/aromatic N) is 2. The average Bonchev–Trinajstić information content (AvgIpc) is 1.50. The van der Waals surface area contributed by atoms with Gasteiger partial charge in [0.25, 0.3) is 11.8 Å². The van der Waals surface area contributed by atoms with Gasteiger partial charge in [0, 0.05) is 51.7 Å². The minimum Gasteiger partial charge on any atom is -0.296 e. The van der Waals surface area contributed by atoms with Gasteiger partial charge in [0.05, 0.1) is 20.6 Å². The molecule has 0 saturated carbocycles. The minimum atomic E-state index is -0.666. The molecule has 94 heavy (non-hydrogen) atoms. The molecule has 12 heteroatoms. The van der Waals surface area contributed by atoms with Crippen LogP contribution in [0.15, 0.2) is 146 Å². The lowest BCUT2D eigenvalue weighted by Crippen LogP contribution is -2.30. The maximum atomic E-state index is 13.5. The summed E-state index contributed by atoms with van der Waals surface area (Å²) in [7, 11) is 3.55. The molecule has 0 radical (unpaired) electrons. The number of amides is 2. The highest BCUT2D eigenvalue weighted by atomic mass is 32.2. The molecule has 0 spiro atoms. The second kappa shape index (κ2) is 29.5. The molecule has 6 heterocycles. The van der Waals surface area contributed by atoms with E-state index in [1.807, 2.05) is 22.7 Å². The smallest absolute Gasteiger partial charge is 0.267 e. The van der Waals surface area contributed by atoms with Crippen LogP contribution >= 0.6 is 93.3 Å². The highest BCUT2D eigenvalue weighted by Gasteiger charge is 2.53. The van der Waals surface area contributed by atoms with Crippen LogP contribution in [-0.4, -0.2) is 44.4 Å². The fourth-order valence-electron chi connectivity index (χ4n) is 14.7. The van der Waals surface area contributed by atoms with Crippen molar-refractivity contribution in [2.45, 2.75) is 167 Å². The lowest BCUT2D eigenvalue weighted by atomic mass is 9.65. The first-order chi connectivity index (χ1) is 45.9. The molecule has 2 aliphatic heterocycles. The van der Waals surface area contributed by atoms with Crippen LogP contribution in [0.5, 0.6) is 0 Å². The Morgan fingerprint density at radius 2 is 0.681 bits per heavy atom. The van der Waals surface area contributed by atoms with E-state index >= 15 is 0 Å². The highest BCUT2D eigenvalue weighted by Crippen LogP contribution is 2.65. The molecule has 0 atom stereocenters. The van der Waals surface area contributed by atoms with Gasteiger partial charge in [-0.1, -0.05) is 250 Å². The number of fused-ring (bicyclic) bond motifs is 6. The van der Waals surface area contributed by atoms with Crippen molar-refractivity contribution in [1.29, 1.82) is 0 Å². The second-order valence-corrected chi connectivity index (χ2v) is 33.8. The third-order valence-corrected chi connectivity index (χ3v) is 27.5. The average molecular weight is 1390 g/mol. The number of carbonyl (C=O) groups is 2. The zero-order valence-electron chi connectivity index (χ0n) is 55.1. The van der Waals surface area contributed by atoms with Gasteiger partial charge in [-0.25, -0.2) is 0 Å². The fraction of sp³-hybridized carbons (Fsp3) is 0.341. The number of aryl methyl sites for hydroxylation is 4. The number of rotatable bonds is 26. The largest absolute Gasteiger partial charge is 0.296 e. The number of hydrogen-bond donors (Lipinski definition) is 0. The summed E-state index contributed by atoms with van der Waals surface area (Å²) in [4.78, 5) is 36.5. The third-order valence-electron chi connectivity index (χ3n) is 19.8. The SMILES string of the molecule is CCCCCCc1ccc(C2(c3ccc(CCCCCC)cc3)c3cc4c(cc3-c3sc(/C=c5\cc/c(=C6\SC(=S)N(C)C6=O)s5)cc32)C(c2ccc(CCCCCC)cc2)(c2ccc(CCCCCC)cc2)c2cc(/C=c3\cc/c(=C5\SC(=S)N(C)C5=O)s3)sc2-4)cc1. The summed E-state index contributed by atoms with van der Waals surface area (Å²) in [5, 5.41) is 0. The van der Waals surface area contributed by atoms with Crippen molar-refractivity contribution in [2.24, 2.45) is 0 Å². The third kappa shape index (κ3) is 12.9. The van der Waals surface area contributed by atoms with Crippen molar-refractivity contribution in [3.05, 3.63) is 240 Å². The number of benzene rings is 5. The summed E-state index contributed by atoms with van der Waals surface area (Å²) in [6.45, 7) is 9.17. The zero-order valence-corrected chi connectivity index (χ0v) is 61.7. The Kier molecular flexibility index (Phi) is 21.0. The molecule has 2 saturated heterocycles. The molecular weight excluding hydrogens is 1300 g/mol. The first-order valence-corrected chi connectivity index (χ1v) is 40.1. The van der Waals surface area contributed by atoms with Gasteiger partial charge in [0.15, 0.2) is 0 Å². The molecule has 5 aromatic carbocycles. The van der Waals surface area contributed by atoms with Crippen molar-refractivity contribution in [3.8, 4) is 20.9 Å². The van der Waals surface area contributed by atoms with E-state index in [0.29, 0.717) is 18.5 Å². The van der Waals surface area contributed by atoms with E-state index in [2.05, 4.69) is 185 Å². The summed E-state index contributed by atoms with van der Waals surface area (Å²) < 4.78 is 5.30. The van der Waals surface area contributed by atoms with E-state index in [9.17, 15) is 9.59 Å². The summed E-state index contributed by atoms with van der Waals surface area (Å²) >= 11 is 21.1. The molecule has 0 bridgehead atoms. The van der Waals surface area contributed by atoms with Crippen LogP contribution in [0, 0.1) is 0 Å². The van der Waals surface area contributed by atoms with Gasteiger partial charge in [0.2, 0.25) is 0 Å². The van der Waals surface area contributed by atoms with Crippen molar-refractivity contribution in [1.82, 2.24) is 9.80 Å². The molecule has 0 N–H and O–H groups in total. The zero-order chi connectivity index (χ0) is 65.1. The number of carbonyl (C=O) groups excluding carboxylic acids is 2. The number of thioether (sulfide) groups is 2. The van der Waals surface area contributed by atoms with Crippen LogP contribution < -0.4 is 18.1 Å². The molecule has 482 valence electrons. The van der Waals surface area contributed by atoms with Gasteiger partial charge in [-0.2, -0.15) is 0 Å². The van der Waals surface area contributed by atoms with Crippen molar-refractivity contribution < 1.29 is 9.59 Å². The van der Waals surface area contributed by atoms with Gasteiger partial charge in [-0.15, -0.1) is 45.3 Å². The van der Waals surface area contributed by atoms with Crippen LogP contribution in [0.25, 0.3) is 42.8 Å². The molecule has 2 amide bonds. The van der Waals surface area contributed by atoms with E-state index in [1.165, 1.54) is 224 Å². The first kappa shape index (κ1) is 66.8. The van der Waals surface area contributed by atoms with Crippen molar-refractivity contribution >= 4 is 136 Å². The van der Waals surface area contributed by atoms with Crippen LogP contribution in [0.3, 0.4) is 0 Å². The molecule has 13 rings (SSSR count). The number of hydrogen-bond acceptors (Lipinski definition) is 10. The Hall–Kier alpha value is -5.80. The standard InChI is InChI=1S/C82H84N2O2S8/c1-7-11-15-19-23-53-27-35-57(36-28-53)81(58-37-29-54(30-38-58)24-20-16-12-8-2)67-51-66-68(52-65(67)73-69(81)49-63(91-73)47-61-43-45-71(89-61)75-77(85)83(5)79(87)93-75)82(59-39-31-55(32-40-59)25-21-17-13-9-3,60-41-33-56(34-42-60)26-22-18-14-10-4)70-50-64(92-74(66)70)48-62-44-46-72(90-62)76-78(86)84(6)80(88)94-76/h27-52H,7-26H2,1-6H3/b61-47+,62-48+,75-71+,76-72+. The van der Waals surface area contributed by atoms with Gasteiger partial charge >= 0.3 is 0 Å². The monoisotopic (exact) mass is 1380 g/mol. The predicted octanol–water partition coefficient (Wildman–Crippen LogP) is 20.0. The summed E-state index contributed by atoms with van der Waals surface area (Å²) in [6, 6.07) is 58.1. The fourth-order valence-corrected chi connectivity index (χ4v) is 21.7. The summed E-state index contributed by atoms with van der Waals surface area (Å²) in [6.07, 6.45) is 28.6. The maximum absolute atomic E-state index is 13.5. The van der Waals surface area contributed by atoms with E-state index in [0.717, 1.165) is 43.8 Å². The number of unbranched alkanes of at least 4 members (excludes halogenated alkanes) is 12. The molecule has 0 unspecified atom stereocenters. The van der Waals surface area contributed by atoms with Crippen LogP contribution in [0.2, 0.25) is 0 Å². The van der Waals surface area contributed by atoms with Crippen molar-refractivity contribution in [2.75, 3.05) is 14.1 Å². The molecule has 2 fully saturated rings. The van der Waals surface area contributed by atoms with Gasteiger partial charge in [0.1, 0.15) is 8.64 Å². The van der Waals surface area contributed by atoms with E-state index in [4.69, 9.17) is 24.4 Å².